The first-order chi connectivity index (χ1) is 11.7. The third-order valence-electron chi connectivity index (χ3n) is 4.12. The Hall–Kier alpha value is -1.63. The third-order valence-corrected chi connectivity index (χ3v) is 6.51. The molecule has 0 amide bonds. The number of aryl methyl sites for hydroxylation is 1. The van der Waals surface area contributed by atoms with Gasteiger partial charge in [0, 0.05) is 6.20 Å². The lowest BCUT2D eigenvalue weighted by atomic mass is 10.1. The second-order valence-electron chi connectivity index (χ2n) is 5.49. The quantitative estimate of drug-likeness (QED) is 0.517. The molecule has 4 rings (SSSR count). The lowest BCUT2D eigenvalue weighted by Gasteiger charge is -2.09. The molecule has 7 heteroatoms. The van der Waals surface area contributed by atoms with Crippen molar-refractivity contribution in [1.82, 2.24) is 9.55 Å². The van der Waals surface area contributed by atoms with Gasteiger partial charge in [-0.3, -0.25) is 0 Å². The van der Waals surface area contributed by atoms with Crippen molar-refractivity contribution < 1.29 is 4.57 Å². The molecule has 0 radical (unpaired) electrons. The van der Waals surface area contributed by atoms with Crippen LogP contribution in [-0.2, 0) is 6.54 Å². The van der Waals surface area contributed by atoms with Crippen molar-refractivity contribution in [2.45, 2.75) is 24.7 Å². The van der Waals surface area contributed by atoms with Crippen molar-refractivity contribution in [2.24, 2.45) is 0 Å². The Balaban J connectivity index is 1.94. The largest absolute Gasteiger partial charge is 0.346 e. The van der Waals surface area contributed by atoms with Crippen LogP contribution >= 0.6 is 34.7 Å². The number of hydrogen-bond donors (Lipinski definition) is 0. The van der Waals surface area contributed by atoms with E-state index in [2.05, 4.69) is 16.5 Å². The number of thiazole rings is 1. The van der Waals surface area contributed by atoms with Gasteiger partial charge >= 0.3 is 10.7 Å². The van der Waals surface area contributed by atoms with Crippen LogP contribution in [0.3, 0.4) is 0 Å². The Kier molecular flexibility index (Phi) is 4.20. The fraction of sp³-hybridized carbons (Fsp3) is 0.235. The average molecular weight is 377 g/mol. The Bertz CT molecular complexity index is 952. The first-order valence-corrected chi connectivity index (χ1v) is 9.85. The molecule has 4 nitrogen and oxygen atoms in total. The zero-order chi connectivity index (χ0) is 16.7. The number of hydrogen-bond acceptors (Lipinski definition) is 4. The molecule has 122 valence electrons. The van der Waals surface area contributed by atoms with Crippen LogP contribution in [0, 0.1) is 0 Å². The van der Waals surface area contributed by atoms with E-state index in [9.17, 15) is 4.79 Å². The summed E-state index contributed by atoms with van der Waals surface area (Å²) in [5.41, 5.74) is 1.71. The summed E-state index contributed by atoms with van der Waals surface area (Å²) < 4.78 is 4.57. The summed E-state index contributed by atoms with van der Waals surface area (Å²) in [5, 5.41) is 0.997. The van der Waals surface area contributed by atoms with Gasteiger partial charge < -0.3 is 0 Å². The van der Waals surface area contributed by atoms with E-state index in [0.29, 0.717) is 4.47 Å². The minimum Gasteiger partial charge on any atom is -0.241 e. The fourth-order valence-electron chi connectivity index (χ4n) is 2.95. The second-order valence-corrected chi connectivity index (χ2v) is 8.13. The lowest BCUT2D eigenvalue weighted by molar-refractivity contribution is -0.735. The van der Waals surface area contributed by atoms with Crippen molar-refractivity contribution in [1.29, 1.82) is 0 Å². The maximum absolute atomic E-state index is 13.2. The van der Waals surface area contributed by atoms with Crippen LogP contribution in [0.4, 0.5) is 0 Å². The highest BCUT2D eigenvalue weighted by Crippen LogP contribution is 2.37. The molecule has 2 aromatic heterocycles. The Labute approximate surface area is 152 Å². The van der Waals surface area contributed by atoms with Crippen LogP contribution in [0.15, 0.2) is 52.7 Å². The maximum atomic E-state index is 13.2. The number of rotatable bonds is 3. The van der Waals surface area contributed by atoms with Crippen molar-refractivity contribution in [3.8, 4) is 11.1 Å². The molecule has 1 atom stereocenters. The number of aromatic nitrogens is 3. The number of fused-ring (bicyclic) bond motifs is 1. The maximum Gasteiger partial charge on any atom is 0.346 e. The SMILES string of the molecule is CC[n+]1cc(-c2ccccc2)c(=O)n2c1SC[C@@H]2c1cnc(Cl)s1. The molecule has 0 aliphatic carbocycles. The molecule has 1 aromatic carbocycles. The highest BCUT2D eigenvalue weighted by molar-refractivity contribution is 7.99. The number of nitrogens with zero attached hydrogens (tertiary/aromatic N) is 3. The summed E-state index contributed by atoms with van der Waals surface area (Å²) in [6.07, 6.45) is 3.75. The standard InChI is InChI=1S/C17H15ClN3OS2/c1-2-20-9-12(11-6-4-3-5-7-11)15(22)21-13(10-23-17(20)21)14-8-19-16(18)24-14/h3-9,13H,2,10H2,1H3/q+1/t13-/m1/s1. The third kappa shape index (κ3) is 2.59. The predicted molar refractivity (Wildman–Crippen MR) is 98.0 cm³/mol. The highest BCUT2D eigenvalue weighted by Gasteiger charge is 2.37. The molecule has 0 saturated heterocycles. The van der Waals surface area contributed by atoms with Crippen LogP contribution in [0.1, 0.15) is 17.8 Å². The molecule has 3 aromatic rings. The van der Waals surface area contributed by atoms with E-state index in [4.69, 9.17) is 11.6 Å². The van der Waals surface area contributed by atoms with E-state index < -0.39 is 0 Å². The first kappa shape index (κ1) is 15.9. The highest BCUT2D eigenvalue weighted by atomic mass is 35.5. The molecule has 3 heterocycles. The summed E-state index contributed by atoms with van der Waals surface area (Å²) >= 11 is 9.15. The smallest absolute Gasteiger partial charge is 0.241 e. The Morgan fingerprint density at radius 2 is 2.17 bits per heavy atom. The topological polar surface area (TPSA) is 38.8 Å². The van der Waals surface area contributed by atoms with Gasteiger partial charge in [0.05, 0.1) is 17.2 Å². The zero-order valence-electron chi connectivity index (χ0n) is 13.0. The van der Waals surface area contributed by atoms with Crippen LogP contribution in [0.25, 0.3) is 11.1 Å². The zero-order valence-corrected chi connectivity index (χ0v) is 15.4. The Morgan fingerprint density at radius 3 is 2.83 bits per heavy atom. The van der Waals surface area contributed by atoms with E-state index in [-0.39, 0.29) is 11.6 Å². The average Bonchev–Trinajstić information content (AvgIpc) is 3.23. The Morgan fingerprint density at radius 1 is 1.38 bits per heavy atom. The molecule has 0 fully saturated rings. The minimum absolute atomic E-state index is 0.0102. The second kappa shape index (κ2) is 6.35. The molecule has 24 heavy (non-hydrogen) atoms. The minimum atomic E-state index is -0.0102. The van der Waals surface area contributed by atoms with Crippen LogP contribution in [0.2, 0.25) is 4.47 Å². The van der Waals surface area contributed by atoms with Crippen molar-refractivity contribution >= 4 is 34.7 Å². The van der Waals surface area contributed by atoms with Crippen molar-refractivity contribution in [3.63, 3.8) is 0 Å². The van der Waals surface area contributed by atoms with Crippen LogP contribution < -0.4 is 10.1 Å². The van der Waals surface area contributed by atoms with Crippen LogP contribution in [-0.4, -0.2) is 15.3 Å². The van der Waals surface area contributed by atoms with E-state index >= 15 is 0 Å². The van der Waals surface area contributed by atoms with Gasteiger partial charge in [-0.15, -0.1) is 11.3 Å². The van der Waals surface area contributed by atoms with E-state index in [1.165, 1.54) is 11.3 Å². The number of benzene rings is 1. The number of thioether (sulfide) groups is 1. The van der Waals surface area contributed by atoms with Crippen LogP contribution in [0.5, 0.6) is 0 Å². The monoisotopic (exact) mass is 376 g/mol. The van der Waals surface area contributed by atoms with Gasteiger partial charge in [0.15, 0.2) is 10.5 Å². The molecule has 1 aliphatic rings. The summed E-state index contributed by atoms with van der Waals surface area (Å²) in [6.45, 7) is 2.91. The molecule has 0 saturated carbocycles. The summed E-state index contributed by atoms with van der Waals surface area (Å²) in [4.78, 5) is 18.4. The van der Waals surface area contributed by atoms with Gasteiger partial charge in [-0.05, 0) is 24.2 Å². The van der Waals surface area contributed by atoms with E-state index in [1.54, 1.807) is 18.0 Å². The van der Waals surface area contributed by atoms with Gasteiger partial charge in [0.2, 0.25) is 0 Å². The molecular weight excluding hydrogens is 362 g/mol. The molecule has 1 aliphatic heterocycles. The molecule has 0 spiro atoms. The normalized spacial score (nSPS) is 16.3. The molecular formula is C17H15ClN3OS2+. The summed E-state index contributed by atoms with van der Waals surface area (Å²) in [6, 6.07) is 9.81. The lowest BCUT2D eigenvalue weighted by Crippen LogP contribution is -2.42. The molecule has 0 unspecified atom stereocenters. The van der Waals surface area contributed by atoms with Gasteiger partial charge in [-0.25, -0.2) is 14.3 Å². The fourth-order valence-corrected chi connectivity index (χ4v) is 5.43. The van der Waals surface area contributed by atoms with Gasteiger partial charge in [0.25, 0.3) is 0 Å². The van der Waals surface area contributed by atoms with E-state index in [0.717, 1.165) is 33.5 Å². The van der Waals surface area contributed by atoms with E-state index in [1.807, 2.05) is 41.1 Å². The first-order valence-electron chi connectivity index (χ1n) is 7.67. The summed E-state index contributed by atoms with van der Waals surface area (Å²) in [5.74, 6) is 0.825. The van der Waals surface area contributed by atoms with Gasteiger partial charge in [0.1, 0.15) is 11.8 Å². The summed E-state index contributed by atoms with van der Waals surface area (Å²) in [7, 11) is 0. The molecule has 0 N–H and O–H groups in total. The van der Waals surface area contributed by atoms with Crippen molar-refractivity contribution in [2.75, 3.05) is 5.75 Å². The predicted octanol–water partition coefficient (Wildman–Crippen LogP) is 3.63. The van der Waals surface area contributed by atoms with Gasteiger partial charge in [-0.2, -0.15) is 4.57 Å². The van der Waals surface area contributed by atoms with Gasteiger partial charge in [-0.1, -0.05) is 41.9 Å². The van der Waals surface area contributed by atoms with Crippen molar-refractivity contribution in [3.05, 3.63) is 62.4 Å². The number of halogens is 1. The molecule has 0 bridgehead atoms.